The zero-order valence-corrected chi connectivity index (χ0v) is 19.0. The van der Waals surface area contributed by atoms with Gasteiger partial charge < -0.3 is 15.5 Å². The molecule has 0 aliphatic carbocycles. The number of nitrogens with zero attached hydrogens (tertiary/aromatic N) is 1. The molecule has 0 radical (unpaired) electrons. The van der Waals surface area contributed by atoms with Crippen LogP contribution in [0.2, 0.25) is 0 Å². The van der Waals surface area contributed by atoms with Crippen molar-refractivity contribution in [2.45, 2.75) is 38.1 Å². The summed E-state index contributed by atoms with van der Waals surface area (Å²) in [6, 6.07) is 11.1. The summed E-state index contributed by atoms with van der Waals surface area (Å²) in [5.41, 5.74) is 2.52. The zero-order valence-electron chi connectivity index (χ0n) is 18.1. The molecule has 0 fully saturated rings. The molecule has 1 heterocycles. The van der Waals surface area contributed by atoms with E-state index in [1.807, 2.05) is 6.92 Å². The summed E-state index contributed by atoms with van der Waals surface area (Å²) in [4.78, 5) is 36.9. The van der Waals surface area contributed by atoms with Crippen LogP contribution in [0.3, 0.4) is 0 Å². The zero-order chi connectivity index (χ0) is 23.5. The lowest BCUT2D eigenvalue weighted by atomic mass is 10.1. The van der Waals surface area contributed by atoms with E-state index in [1.165, 1.54) is 19.9 Å². The van der Waals surface area contributed by atoms with E-state index in [0.717, 1.165) is 11.3 Å². The fourth-order valence-electron chi connectivity index (χ4n) is 3.71. The Morgan fingerprint density at radius 1 is 1.03 bits per heavy atom. The number of nitrogens with one attached hydrogen (secondary N) is 3. The first-order valence-electron chi connectivity index (χ1n) is 10.2. The molecule has 9 nitrogen and oxygen atoms in total. The molecule has 1 aliphatic rings. The van der Waals surface area contributed by atoms with E-state index in [4.69, 9.17) is 0 Å². The monoisotopic (exact) mass is 458 g/mol. The normalized spacial score (nSPS) is 15.2. The van der Waals surface area contributed by atoms with Crippen LogP contribution in [0.4, 0.5) is 11.4 Å². The molecule has 170 valence electrons. The Labute approximate surface area is 187 Å². The van der Waals surface area contributed by atoms with Gasteiger partial charge in [0.25, 0.3) is 5.91 Å². The number of hydrogen-bond acceptors (Lipinski definition) is 5. The third-order valence-corrected chi connectivity index (χ3v) is 6.54. The Morgan fingerprint density at radius 3 is 2.34 bits per heavy atom. The first-order chi connectivity index (χ1) is 15.1. The predicted molar refractivity (Wildman–Crippen MR) is 121 cm³/mol. The van der Waals surface area contributed by atoms with Crippen molar-refractivity contribution in [3.8, 4) is 0 Å². The minimum Gasteiger partial charge on any atom is -0.351 e. The number of benzene rings is 2. The van der Waals surface area contributed by atoms with Gasteiger partial charge in [-0.2, -0.15) is 0 Å². The van der Waals surface area contributed by atoms with Crippen LogP contribution in [-0.2, 0) is 26.0 Å². The highest BCUT2D eigenvalue weighted by atomic mass is 32.2. The van der Waals surface area contributed by atoms with Crippen LogP contribution in [0.5, 0.6) is 0 Å². The molecule has 1 aliphatic heterocycles. The maximum atomic E-state index is 12.6. The third-order valence-electron chi connectivity index (χ3n) is 5.09. The summed E-state index contributed by atoms with van der Waals surface area (Å²) < 4.78 is 27.7. The quantitative estimate of drug-likeness (QED) is 0.544. The number of anilines is 2. The van der Waals surface area contributed by atoms with Crippen molar-refractivity contribution in [1.82, 2.24) is 10.0 Å². The molecule has 0 bridgehead atoms. The SMILES string of the molecule is CC(=O)Nc1ccc(C(=O)NCCNS(=O)(=O)c2ccc3c(c2)CC(C)N3C(C)=O)cc1. The van der Waals surface area contributed by atoms with Gasteiger partial charge >= 0.3 is 0 Å². The van der Waals surface area contributed by atoms with E-state index in [9.17, 15) is 22.8 Å². The minimum atomic E-state index is -3.76. The molecule has 2 aromatic carbocycles. The van der Waals surface area contributed by atoms with Gasteiger partial charge in [-0.3, -0.25) is 14.4 Å². The van der Waals surface area contributed by atoms with E-state index in [1.54, 1.807) is 41.3 Å². The molecule has 2 aromatic rings. The van der Waals surface area contributed by atoms with Gasteiger partial charge in [0.2, 0.25) is 21.8 Å². The third kappa shape index (κ3) is 5.32. The Balaban J connectivity index is 1.55. The van der Waals surface area contributed by atoms with Gasteiger partial charge in [-0.25, -0.2) is 13.1 Å². The lowest BCUT2D eigenvalue weighted by molar-refractivity contribution is -0.117. The standard InChI is InChI=1S/C22H26N4O5S/c1-14-12-18-13-20(8-9-21(18)26(14)16(3)28)32(30,31)24-11-10-23-22(29)17-4-6-19(7-5-17)25-15(2)27/h4-9,13-14,24H,10-12H2,1-3H3,(H,23,29)(H,25,27). The smallest absolute Gasteiger partial charge is 0.251 e. The predicted octanol–water partition coefficient (Wildman–Crippen LogP) is 1.65. The average molecular weight is 459 g/mol. The highest BCUT2D eigenvalue weighted by molar-refractivity contribution is 7.89. The topological polar surface area (TPSA) is 125 Å². The van der Waals surface area contributed by atoms with Crippen LogP contribution in [-0.4, -0.2) is 45.3 Å². The second-order valence-corrected chi connectivity index (χ2v) is 9.41. The van der Waals surface area contributed by atoms with Crippen LogP contribution < -0.4 is 20.3 Å². The van der Waals surface area contributed by atoms with Crippen molar-refractivity contribution >= 4 is 39.1 Å². The number of rotatable bonds is 7. The van der Waals surface area contributed by atoms with Gasteiger partial charge in [0, 0.05) is 49.9 Å². The van der Waals surface area contributed by atoms with Crippen molar-refractivity contribution in [1.29, 1.82) is 0 Å². The van der Waals surface area contributed by atoms with Crippen molar-refractivity contribution in [3.05, 3.63) is 53.6 Å². The Kier molecular flexibility index (Phi) is 6.95. The van der Waals surface area contributed by atoms with E-state index >= 15 is 0 Å². The molecule has 0 saturated carbocycles. The molecular formula is C22H26N4O5S. The molecule has 3 rings (SSSR count). The Bertz CT molecular complexity index is 1150. The van der Waals surface area contributed by atoms with E-state index in [2.05, 4.69) is 15.4 Å². The van der Waals surface area contributed by atoms with Crippen molar-refractivity contribution in [2.24, 2.45) is 0 Å². The van der Waals surface area contributed by atoms with E-state index < -0.39 is 10.0 Å². The lowest BCUT2D eigenvalue weighted by Gasteiger charge is -2.20. The number of carbonyl (C=O) groups excluding carboxylic acids is 3. The maximum Gasteiger partial charge on any atom is 0.251 e. The number of hydrogen-bond donors (Lipinski definition) is 3. The number of sulfonamides is 1. The highest BCUT2D eigenvalue weighted by Gasteiger charge is 2.30. The summed E-state index contributed by atoms with van der Waals surface area (Å²) in [5, 5.41) is 5.27. The van der Waals surface area contributed by atoms with Gasteiger partial charge in [0.15, 0.2) is 0 Å². The minimum absolute atomic E-state index is 0.0177. The molecular weight excluding hydrogens is 432 g/mol. The molecule has 0 saturated heterocycles. The highest BCUT2D eigenvalue weighted by Crippen LogP contribution is 2.33. The van der Waals surface area contributed by atoms with Gasteiger partial charge in [-0.1, -0.05) is 0 Å². The van der Waals surface area contributed by atoms with Gasteiger partial charge in [0.1, 0.15) is 0 Å². The molecule has 0 spiro atoms. The number of carbonyl (C=O) groups is 3. The average Bonchev–Trinajstić information content (AvgIpc) is 3.06. The Hall–Kier alpha value is -3.24. The molecule has 3 N–H and O–H groups in total. The second kappa shape index (κ2) is 9.49. The first kappa shape index (κ1) is 23.4. The van der Waals surface area contributed by atoms with Crippen LogP contribution in [0.25, 0.3) is 0 Å². The van der Waals surface area contributed by atoms with Gasteiger partial charge in [-0.15, -0.1) is 0 Å². The first-order valence-corrected chi connectivity index (χ1v) is 11.6. The van der Waals surface area contributed by atoms with Gasteiger partial charge in [0.05, 0.1) is 4.90 Å². The second-order valence-electron chi connectivity index (χ2n) is 7.64. The molecule has 10 heteroatoms. The number of amides is 3. The molecule has 3 amide bonds. The summed E-state index contributed by atoms with van der Waals surface area (Å²) in [6.45, 7) is 4.93. The van der Waals surface area contributed by atoms with Crippen LogP contribution in [0.1, 0.15) is 36.7 Å². The van der Waals surface area contributed by atoms with Crippen molar-refractivity contribution in [3.63, 3.8) is 0 Å². The Morgan fingerprint density at radius 2 is 1.72 bits per heavy atom. The van der Waals surface area contributed by atoms with E-state index in [-0.39, 0.29) is 41.7 Å². The lowest BCUT2D eigenvalue weighted by Crippen LogP contribution is -2.34. The van der Waals surface area contributed by atoms with Crippen LogP contribution >= 0.6 is 0 Å². The van der Waals surface area contributed by atoms with Crippen molar-refractivity contribution < 1.29 is 22.8 Å². The molecule has 1 unspecified atom stereocenters. The van der Waals surface area contributed by atoms with E-state index in [0.29, 0.717) is 17.7 Å². The van der Waals surface area contributed by atoms with Crippen molar-refractivity contribution in [2.75, 3.05) is 23.3 Å². The van der Waals surface area contributed by atoms with Crippen LogP contribution in [0, 0.1) is 0 Å². The summed E-state index contributed by atoms with van der Waals surface area (Å²) in [6.07, 6.45) is 0.592. The molecule has 1 atom stereocenters. The maximum absolute atomic E-state index is 12.6. The molecule has 32 heavy (non-hydrogen) atoms. The summed E-state index contributed by atoms with van der Waals surface area (Å²) in [7, 11) is -3.76. The summed E-state index contributed by atoms with van der Waals surface area (Å²) in [5.74, 6) is -0.636. The fourth-order valence-corrected chi connectivity index (χ4v) is 4.79. The van der Waals surface area contributed by atoms with Gasteiger partial charge in [-0.05, 0) is 61.4 Å². The number of fused-ring (bicyclic) bond motifs is 1. The fraction of sp³-hybridized carbons (Fsp3) is 0.318. The largest absolute Gasteiger partial charge is 0.351 e. The van der Waals surface area contributed by atoms with Crippen LogP contribution in [0.15, 0.2) is 47.4 Å². The summed E-state index contributed by atoms with van der Waals surface area (Å²) >= 11 is 0. The molecule has 0 aromatic heterocycles.